The van der Waals surface area contributed by atoms with E-state index in [9.17, 15) is 4.79 Å². The first-order chi connectivity index (χ1) is 8.08. The predicted molar refractivity (Wildman–Crippen MR) is 71.3 cm³/mol. The van der Waals surface area contributed by atoms with Gasteiger partial charge in [-0.15, -0.1) is 11.3 Å². The lowest BCUT2D eigenvalue weighted by Gasteiger charge is -2.05. The molecule has 0 aliphatic carbocycles. The summed E-state index contributed by atoms with van der Waals surface area (Å²) in [6, 6.07) is 3.45. The van der Waals surface area contributed by atoms with E-state index in [4.69, 9.17) is 23.2 Å². The fourth-order valence-corrected chi connectivity index (χ4v) is 2.41. The topological polar surface area (TPSA) is 42.0 Å². The van der Waals surface area contributed by atoms with Gasteiger partial charge in [-0.05, 0) is 30.0 Å². The lowest BCUT2D eigenvalue weighted by atomic mass is 10.3. The van der Waals surface area contributed by atoms with Crippen LogP contribution in [0, 0.1) is 6.92 Å². The summed E-state index contributed by atoms with van der Waals surface area (Å²) >= 11 is 13.0. The molecule has 2 heterocycles. The van der Waals surface area contributed by atoms with E-state index in [2.05, 4.69) is 10.3 Å². The van der Waals surface area contributed by atoms with E-state index < -0.39 is 0 Å². The summed E-state index contributed by atoms with van der Waals surface area (Å²) in [5.74, 6) is -0.242. The summed E-state index contributed by atoms with van der Waals surface area (Å²) in [5, 5.41) is 5.36. The van der Waals surface area contributed by atoms with Crippen LogP contribution < -0.4 is 5.32 Å². The fraction of sp³-hybridized carbons (Fsp3) is 0.0909. The normalized spacial score (nSPS) is 10.3. The number of nitrogens with zero attached hydrogens (tertiary/aromatic N) is 1. The van der Waals surface area contributed by atoms with Crippen LogP contribution in [-0.2, 0) is 0 Å². The Kier molecular flexibility index (Phi) is 3.66. The van der Waals surface area contributed by atoms with Crippen molar-refractivity contribution in [3.05, 3.63) is 44.3 Å². The van der Waals surface area contributed by atoms with Crippen molar-refractivity contribution < 1.29 is 4.79 Å². The Balaban J connectivity index is 2.19. The molecule has 2 rings (SSSR count). The maximum atomic E-state index is 11.8. The van der Waals surface area contributed by atoms with E-state index in [1.54, 1.807) is 17.5 Å². The lowest BCUT2D eigenvalue weighted by Crippen LogP contribution is -2.11. The monoisotopic (exact) mass is 286 g/mol. The van der Waals surface area contributed by atoms with Crippen molar-refractivity contribution in [1.29, 1.82) is 0 Å². The van der Waals surface area contributed by atoms with Crippen LogP contribution >= 0.6 is 34.5 Å². The maximum Gasteiger partial charge on any atom is 0.267 e. The number of carbonyl (C=O) groups excluding carboxylic acids is 1. The van der Waals surface area contributed by atoms with Gasteiger partial charge < -0.3 is 5.32 Å². The number of aromatic nitrogens is 1. The van der Waals surface area contributed by atoms with Crippen molar-refractivity contribution in [2.24, 2.45) is 0 Å². The van der Waals surface area contributed by atoms with E-state index in [0.29, 0.717) is 20.7 Å². The molecule has 0 fully saturated rings. The minimum atomic E-state index is -0.242. The van der Waals surface area contributed by atoms with Crippen molar-refractivity contribution in [1.82, 2.24) is 4.98 Å². The van der Waals surface area contributed by atoms with E-state index >= 15 is 0 Å². The highest BCUT2D eigenvalue weighted by molar-refractivity contribution is 7.12. The summed E-state index contributed by atoms with van der Waals surface area (Å²) in [6.45, 7) is 1.82. The van der Waals surface area contributed by atoms with E-state index in [-0.39, 0.29) is 5.91 Å². The molecule has 2 aromatic rings. The van der Waals surface area contributed by atoms with Gasteiger partial charge in [-0.25, -0.2) is 4.98 Å². The Morgan fingerprint density at radius 2 is 2.24 bits per heavy atom. The van der Waals surface area contributed by atoms with E-state index in [1.807, 2.05) is 6.92 Å². The molecule has 17 heavy (non-hydrogen) atoms. The molecule has 0 saturated heterocycles. The minimum Gasteiger partial charge on any atom is -0.320 e. The number of hydrogen-bond donors (Lipinski definition) is 1. The van der Waals surface area contributed by atoms with Gasteiger partial charge in [0.2, 0.25) is 0 Å². The van der Waals surface area contributed by atoms with Gasteiger partial charge in [0.1, 0.15) is 10.0 Å². The summed E-state index contributed by atoms with van der Waals surface area (Å²) in [6.07, 6.45) is 1.51. The molecule has 0 atom stereocenters. The fourth-order valence-electron chi connectivity index (χ4n) is 1.27. The first-order valence-corrected chi connectivity index (χ1v) is 6.38. The summed E-state index contributed by atoms with van der Waals surface area (Å²) in [4.78, 5) is 16.3. The second-order valence-electron chi connectivity index (χ2n) is 3.38. The van der Waals surface area contributed by atoms with Gasteiger partial charge in [-0.2, -0.15) is 0 Å². The van der Waals surface area contributed by atoms with Crippen LogP contribution in [0.4, 0.5) is 5.69 Å². The third kappa shape index (κ3) is 2.77. The van der Waals surface area contributed by atoms with Crippen LogP contribution in [0.1, 0.15) is 15.2 Å². The molecule has 0 aromatic carbocycles. The van der Waals surface area contributed by atoms with Gasteiger partial charge in [0.15, 0.2) is 0 Å². The Labute approximate surface area is 112 Å². The first kappa shape index (κ1) is 12.4. The van der Waals surface area contributed by atoms with Crippen LogP contribution in [0.5, 0.6) is 0 Å². The number of nitrogens with one attached hydrogen (secondary N) is 1. The first-order valence-electron chi connectivity index (χ1n) is 4.74. The van der Waals surface area contributed by atoms with Crippen LogP contribution in [0.3, 0.4) is 0 Å². The standard InChI is InChI=1S/C11H8Cl2N2OS/c1-6-4-7(5-14-10(6)13)15-11(16)9-8(12)2-3-17-9/h2-5H,1H3,(H,15,16). The summed E-state index contributed by atoms with van der Waals surface area (Å²) < 4.78 is 0. The predicted octanol–water partition coefficient (Wildman–Crippen LogP) is 4.01. The third-order valence-electron chi connectivity index (χ3n) is 2.10. The van der Waals surface area contributed by atoms with Crippen LogP contribution in [0.15, 0.2) is 23.7 Å². The summed E-state index contributed by atoms with van der Waals surface area (Å²) in [7, 11) is 0. The molecule has 0 bridgehead atoms. The number of pyridine rings is 1. The number of hydrogen-bond acceptors (Lipinski definition) is 3. The van der Waals surface area contributed by atoms with Crippen molar-refractivity contribution in [2.45, 2.75) is 6.92 Å². The van der Waals surface area contributed by atoms with E-state index in [0.717, 1.165) is 5.56 Å². The van der Waals surface area contributed by atoms with Gasteiger partial charge in [-0.3, -0.25) is 4.79 Å². The molecule has 0 saturated carbocycles. The summed E-state index contributed by atoms with van der Waals surface area (Å²) in [5.41, 5.74) is 1.41. The largest absolute Gasteiger partial charge is 0.320 e. The van der Waals surface area contributed by atoms with Crippen LogP contribution in [-0.4, -0.2) is 10.9 Å². The van der Waals surface area contributed by atoms with Crippen molar-refractivity contribution in [3.8, 4) is 0 Å². The number of aryl methyl sites for hydroxylation is 1. The molecule has 1 amide bonds. The van der Waals surface area contributed by atoms with Crippen molar-refractivity contribution in [2.75, 3.05) is 5.32 Å². The highest BCUT2D eigenvalue weighted by Gasteiger charge is 2.12. The molecule has 6 heteroatoms. The van der Waals surface area contributed by atoms with Crippen molar-refractivity contribution >= 4 is 46.1 Å². The number of halogens is 2. The van der Waals surface area contributed by atoms with Gasteiger partial charge in [0, 0.05) is 0 Å². The smallest absolute Gasteiger partial charge is 0.267 e. The SMILES string of the molecule is Cc1cc(NC(=O)c2sccc2Cl)cnc1Cl. The second-order valence-corrected chi connectivity index (χ2v) is 5.06. The van der Waals surface area contributed by atoms with Gasteiger partial charge in [0.25, 0.3) is 5.91 Å². The molecule has 0 aliphatic rings. The Bertz CT molecular complexity index is 568. The zero-order valence-corrected chi connectivity index (χ0v) is 11.2. The van der Waals surface area contributed by atoms with E-state index in [1.165, 1.54) is 17.5 Å². The molecule has 0 spiro atoms. The highest BCUT2D eigenvalue weighted by atomic mass is 35.5. The molecule has 1 N–H and O–H groups in total. The van der Waals surface area contributed by atoms with Crippen molar-refractivity contribution in [3.63, 3.8) is 0 Å². The Hall–Kier alpha value is -1.10. The van der Waals surface area contributed by atoms with Crippen LogP contribution in [0.2, 0.25) is 10.2 Å². The number of amides is 1. The average Bonchev–Trinajstić information content (AvgIpc) is 2.70. The molecule has 3 nitrogen and oxygen atoms in total. The third-order valence-corrected chi connectivity index (χ3v) is 3.83. The molecule has 88 valence electrons. The average molecular weight is 287 g/mol. The number of rotatable bonds is 2. The minimum absolute atomic E-state index is 0.242. The number of carbonyl (C=O) groups is 1. The zero-order chi connectivity index (χ0) is 12.4. The number of anilines is 1. The molecule has 0 unspecified atom stereocenters. The Morgan fingerprint density at radius 1 is 1.47 bits per heavy atom. The Morgan fingerprint density at radius 3 is 2.82 bits per heavy atom. The van der Waals surface area contributed by atoms with Crippen LogP contribution in [0.25, 0.3) is 0 Å². The second kappa shape index (κ2) is 5.04. The quantitative estimate of drug-likeness (QED) is 0.848. The van der Waals surface area contributed by atoms with Gasteiger partial charge in [0.05, 0.1) is 16.9 Å². The maximum absolute atomic E-state index is 11.8. The molecule has 0 aliphatic heterocycles. The highest BCUT2D eigenvalue weighted by Crippen LogP contribution is 2.23. The van der Waals surface area contributed by atoms with Gasteiger partial charge >= 0.3 is 0 Å². The molecular formula is C11H8Cl2N2OS. The lowest BCUT2D eigenvalue weighted by molar-refractivity contribution is 0.103. The zero-order valence-electron chi connectivity index (χ0n) is 8.83. The molecular weight excluding hydrogens is 279 g/mol. The number of thiophene rings is 1. The molecule has 0 radical (unpaired) electrons. The van der Waals surface area contributed by atoms with Gasteiger partial charge in [-0.1, -0.05) is 23.2 Å². The molecule has 2 aromatic heterocycles.